The van der Waals surface area contributed by atoms with Crippen LogP contribution in [0.5, 0.6) is 0 Å². The van der Waals surface area contributed by atoms with E-state index in [-0.39, 0.29) is 37.5 Å². The molecule has 590 valence electrons. The number of nitriles is 3. The smallest absolute Gasteiger partial charge is 0.179 e. The molecule has 3 nitrogen and oxygen atoms in total. The molecule has 5 heteroatoms. The van der Waals surface area contributed by atoms with Crippen molar-refractivity contribution >= 4 is 52.5 Å². The summed E-state index contributed by atoms with van der Waals surface area (Å²) in [4.78, 5) is 0. The largest absolute Gasteiger partial charge is 0.192 e. The molecule has 0 N–H and O–H groups in total. The maximum atomic E-state index is 8.83. The van der Waals surface area contributed by atoms with Gasteiger partial charge in [0.2, 0.25) is 0 Å². The second kappa shape index (κ2) is 39.6. The van der Waals surface area contributed by atoms with Crippen LogP contribution in [0.4, 0.5) is 0 Å². The van der Waals surface area contributed by atoms with Crippen molar-refractivity contribution in [3.05, 3.63) is 461 Å². The van der Waals surface area contributed by atoms with Gasteiger partial charge >= 0.3 is 0 Å². The lowest BCUT2D eigenvalue weighted by Gasteiger charge is -2.44. The zero-order valence-electron chi connectivity index (χ0n) is 72.4. The fourth-order valence-electron chi connectivity index (χ4n) is 15.8. The first kappa shape index (κ1) is 88.9. The molecule has 0 bridgehead atoms. The lowest BCUT2D eigenvalue weighted by molar-refractivity contribution is 0.587. The average molecular weight is 1560 g/mol. The maximum Gasteiger partial charge on any atom is 0.179 e. The number of hydrogen-bond acceptors (Lipinski definition) is 3. The van der Waals surface area contributed by atoms with E-state index in [0.29, 0.717) is 0 Å². The van der Waals surface area contributed by atoms with E-state index in [2.05, 4.69) is 470 Å². The molecule has 0 aliphatic carbocycles. The first-order valence-corrected chi connectivity index (χ1v) is 45.0. The van der Waals surface area contributed by atoms with Crippen molar-refractivity contribution in [2.24, 2.45) is 0 Å². The summed E-state index contributed by atoms with van der Waals surface area (Å²) in [6.07, 6.45) is 0. The van der Waals surface area contributed by atoms with Gasteiger partial charge in [0.05, 0.1) is 40.3 Å². The lowest BCUT2D eigenvalue weighted by atomic mass is 9.64. The molecule has 0 spiro atoms. The molecule has 0 atom stereocenters. The van der Waals surface area contributed by atoms with Gasteiger partial charge < -0.3 is 0 Å². The minimum Gasteiger partial charge on any atom is -0.192 e. The Morgan fingerprint density at radius 1 is 0.197 bits per heavy atom. The second-order valence-electron chi connectivity index (χ2n) is 36.2. The first-order valence-electron chi connectivity index (χ1n) is 41.0. The SMILES string of the molecule is CC(C)(C)[Si](c1ccccc1)(c1ccccc1)c1ccccc1.CC(C)(C)c1ccc(C#N)cc1.CC(C)(C)c1ccc([Si](c2ccccc2)(c2ccccc2)c2ccccc2)cc1.CC(C)(C)c1cccc(C#N)c1.CC(C)(C)c1cccc(C(c2ccccc2)(c2ccccc2)c2ccccc2)c1.CC(C)(C)c1ccccc1C#N. The topological polar surface area (TPSA) is 71.4 Å². The van der Waals surface area contributed by atoms with E-state index >= 15 is 0 Å². The van der Waals surface area contributed by atoms with E-state index in [1.165, 1.54) is 80.8 Å². The van der Waals surface area contributed by atoms with Crippen LogP contribution < -0.4 is 36.3 Å². The molecule has 0 heterocycles. The van der Waals surface area contributed by atoms with Gasteiger partial charge in [0.1, 0.15) is 0 Å². The quantitative estimate of drug-likeness (QED) is 0.0957. The summed E-state index contributed by atoms with van der Waals surface area (Å²) in [5.74, 6) is 0. The highest BCUT2D eigenvalue weighted by Gasteiger charge is 2.49. The van der Waals surface area contributed by atoms with Gasteiger partial charge in [-0.25, -0.2) is 0 Å². The molecule has 0 radical (unpaired) electrons. The Kier molecular flexibility index (Phi) is 30.1. The zero-order valence-corrected chi connectivity index (χ0v) is 74.4. The van der Waals surface area contributed by atoms with E-state index in [1.807, 2.05) is 66.7 Å². The van der Waals surface area contributed by atoms with Gasteiger partial charge in [-0.15, -0.1) is 0 Å². The van der Waals surface area contributed by atoms with Crippen molar-refractivity contribution in [2.75, 3.05) is 0 Å². The highest BCUT2D eigenvalue weighted by Crippen LogP contribution is 2.46. The van der Waals surface area contributed by atoms with Crippen LogP contribution in [0, 0.1) is 34.0 Å². The van der Waals surface area contributed by atoms with Crippen molar-refractivity contribution in [1.29, 1.82) is 15.8 Å². The predicted molar refractivity (Wildman–Crippen MR) is 505 cm³/mol. The van der Waals surface area contributed by atoms with Crippen molar-refractivity contribution in [1.82, 2.24) is 0 Å². The van der Waals surface area contributed by atoms with Crippen LogP contribution >= 0.6 is 0 Å². The molecule has 0 aromatic heterocycles. The molecule has 0 aliphatic rings. The van der Waals surface area contributed by atoms with E-state index in [9.17, 15) is 0 Å². The fraction of sp³-hybridized carbons (Fsp3) is 0.223. The number of benzene rings is 14. The summed E-state index contributed by atoms with van der Waals surface area (Å²) in [6, 6.07) is 147. The molecular weight excluding hydrogens is 1440 g/mol. The highest BCUT2D eigenvalue weighted by atomic mass is 28.3. The van der Waals surface area contributed by atoms with Gasteiger partial charge in [-0.3, -0.25) is 0 Å². The average Bonchev–Trinajstić information content (AvgIpc) is 0.745. The molecule has 14 aromatic carbocycles. The maximum absolute atomic E-state index is 8.83. The Bertz CT molecular complexity index is 5190. The Labute approximate surface area is 704 Å². The van der Waals surface area contributed by atoms with Crippen LogP contribution in [-0.2, 0) is 32.5 Å². The van der Waals surface area contributed by atoms with Crippen LogP contribution in [0.15, 0.2) is 394 Å². The Morgan fingerprint density at radius 2 is 0.462 bits per heavy atom. The standard InChI is InChI=1S/C29H28.C28H28Si.C22H24Si.3C11H13N/c1-28(2,3)26-20-13-21-27(22-26)29(23-14-7-4-8-15-23,24-16-9-5-10-17-24)25-18-11-6-12-19-25;1-28(2,3)23-19-21-27(22-20-23)29(24-13-7-4-8-14-24,25-15-9-5-10-16-25)26-17-11-6-12-18-26;1-22(2,3)23(19-13-7-4-8-14-19,20-15-9-5-10-16-20)21-17-11-6-12-18-21;1-11(2,3)10-6-4-9(8-12)5-7-10;1-11(2,3)10-6-4-5-9(7-10)8-12;1-11(2,3)10-7-5-4-6-9(10)8-12/h2*4-22H,1-3H3;4-18H,1-3H3;3*4-7H,1-3H3. The van der Waals surface area contributed by atoms with Crippen molar-refractivity contribution in [3.8, 4) is 18.2 Å². The van der Waals surface area contributed by atoms with Crippen LogP contribution in [0.25, 0.3) is 0 Å². The molecule has 0 saturated heterocycles. The van der Waals surface area contributed by atoms with Crippen LogP contribution in [0.2, 0.25) is 5.04 Å². The fourth-order valence-corrected chi connectivity index (χ4v) is 26.2. The molecule has 14 rings (SSSR count). The van der Waals surface area contributed by atoms with Gasteiger partial charge in [0, 0.05) is 0 Å². The third-order valence-electron chi connectivity index (χ3n) is 21.9. The van der Waals surface area contributed by atoms with E-state index in [0.717, 1.165) is 22.3 Å². The predicted octanol–water partition coefficient (Wildman–Crippen LogP) is 24.3. The molecule has 117 heavy (non-hydrogen) atoms. The van der Waals surface area contributed by atoms with Gasteiger partial charge in [-0.2, -0.15) is 15.8 Å². The van der Waals surface area contributed by atoms with E-state index in [1.54, 1.807) is 0 Å². The first-order chi connectivity index (χ1) is 55.7. The zero-order chi connectivity index (χ0) is 84.6. The molecular formula is C112H119N3Si2. The van der Waals surface area contributed by atoms with Gasteiger partial charge in [0.15, 0.2) is 16.1 Å². The van der Waals surface area contributed by atoms with E-state index in [4.69, 9.17) is 15.8 Å². The highest BCUT2D eigenvalue weighted by molar-refractivity contribution is 7.20. The van der Waals surface area contributed by atoms with Crippen molar-refractivity contribution in [3.63, 3.8) is 0 Å². The normalized spacial score (nSPS) is 11.6. The molecule has 0 saturated carbocycles. The number of hydrogen-bond donors (Lipinski definition) is 0. The summed E-state index contributed by atoms with van der Waals surface area (Å²) >= 11 is 0. The molecule has 0 amide bonds. The van der Waals surface area contributed by atoms with Gasteiger partial charge in [-0.1, -0.05) is 489 Å². The summed E-state index contributed by atoms with van der Waals surface area (Å²) in [5.41, 5.74) is 13.9. The molecule has 0 unspecified atom stereocenters. The minimum absolute atomic E-state index is 0.0618. The Morgan fingerprint density at radius 3 is 0.761 bits per heavy atom. The number of rotatable bonds is 11. The lowest BCUT2D eigenvalue weighted by Crippen LogP contribution is -2.74. The summed E-state index contributed by atoms with van der Waals surface area (Å²) in [7, 11) is -4.51. The third-order valence-corrected chi connectivity index (χ3v) is 32.6. The van der Waals surface area contributed by atoms with Crippen molar-refractivity contribution in [2.45, 2.75) is 162 Å². The molecule has 0 fully saturated rings. The van der Waals surface area contributed by atoms with Crippen LogP contribution in [0.3, 0.4) is 0 Å². The Balaban J connectivity index is 0.000000167. The third kappa shape index (κ3) is 21.9. The monoisotopic (exact) mass is 1560 g/mol. The van der Waals surface area contributed by atoms with E-state index < -0.39 is 16.1 Å². The van der Waals surface area contributed by atoms with Gasteiger partial charge in [0.25, 0.3) is 0 Å². The second-order valence-corrected chi connectivity index (χ2v) is 44.8. The Hall–Kier alpha value is -12.0. The summed E-state index contributed by atoms with van der Waals surface area (Å²) in [5, 5.41) is 36.4. The van der Waals surface area contributed by atoms with Crippen LogP contribution in [-0.4, -0.2) is 16.1 Å². The molecule has 0 aliphatic heterocycles. The van der Waals surface area contributed by atoms with Gasteiger partial charge in [-0.05, 0) is 149 Å². The number of nitrogens with zero attached hydrogens (tertiary/aromatic N) is 3. The van der Waals surface area contributed by atoms with Crippen molar-refractivity contribution < 1.29 is 0 Å². The molecule has 14 aromatic rings. The van der Waals surface area contributed by atoms with Crippen LogP contribution in [0.1, 0.15) is 191 Å². The summed E-state index contributed by atoms with van der Waals surface area (Å²) in [6.45, 7) is 40.1. The minimum atomic E-state index is -2.38. The summed E-state index contributed by atoms with van der Waals surface area (Å²) < 4.78 is 0.